The zero-order valence-electron chi connectivity index (χ0n) is 9.87. The summed E-state index contributed by atoms with van der Waals surface area (Å²) in [6.45, 7) is 0. The number of thiol groups is 1. The van der Waals surface area contributed by atoms with Crippen molar-refractivity contribution in [2.75, 3.05) is 7.11 Å². The van der Waals surface area contributed by atoms with E-state index in [0.717, 1.165) is 10.6 Å². The summed E-state index contributed by atoms with van der Waals surface area (Å²) in [6, 6.07) is 12.6. The first-order valence-corrected chi connectivity index (χ1v) is 5.85. The van der Waals surface area contributed by atoms with Gasteiger partial charge in [0.1, 0.15) is 11.5 Å². The molecule has 0 fully saturated rings. The van der Waals surface area contributed by atoms with E-state index in [1.54, 1.807) is 31.5 Å². The molecule has 0 spiro atoms. The zero-order chi connectivity index (χ0) is 13.0. The average molecular weight is 259 g/mol. The van der Waals surface area contributed by atoms with Crippen molar-refractivity contribution < 1.29 is 9.84 Å². The lowest BCUT2D eigenvalue weighted by atomic mass is 10.2. The van der Waals surface area contributed by atoms with Gasteiger partial charge in [0, 0.05) is 11.1 Å². The normalized spacial score (nSPS) is 10.8. The summed E-state index contributed by atoms with van der Waals surface area (Å²) in [5, 5.41) is 9.78. The first-order chi connectivity index (χ1) is 8.72. The van der Waals surface area contributed by atoms with Crippen LogP contribution in [0.25, 0.3) is 0 Å². The predicted molar refractivity (Wildman–Crippen MR) is 75.6 cm³/mol. The maximum atomic E-state index is 9.78. The van der Waals surface area contributed by atoms with Gasteiger partial charge in [0.2, 0.25) is 0 Å². The van der Waals surface area contributed by atoms with Gasteiger partial charge in [-0.2, -0.15) is 0 Å². The molecule has 0 aliphatic rings. The van der Waals surface area contributed by atoms with Gasteiger partial charge in [-0.05, 0) is 24.3 Å². The molecule has 2 aromatic rings. The molecule has 1 N–H and O–H groups in total. The van der Waals surface area contributed by atoms with Gasteiger partial charge in [-0.3, -0.25) is 4.99 Å². The largest absolute Gasteiger partial charge is 0.507 e. The lowest BCUT2D eigenvalue weighted by molar-refractivity contribution is 0.406. The average Bonchev–Trinajstić information content (AvgIpc) is 2.39. The maximum Gasteiger partial charge on any atom is 0.131 e. The summed E-state index contributed by atoms with van der Waals surface area (Å²) >= 11 is 4.31. The highest BCUT2D eigenvalue weighted by Gasteiger charge is 2.05. The van der Waals surface area contributed by atoms with Crippen LogP contribution in [-0.2, 0) is 0 Å². The Balaban J connectivity index is 2.38. The number of phenolic OH excluding ortho intramolecular Hbond substituents is 1. The third-order valence-electron chi connectivity index (χ3n) is 2.48. The zero-order valence-corrected chi connectivity index (χ0v) is 10.8. The van der Waals surface area contributed by atoms with E-state index in [1.165, 1.54) is 0 Å². The highest BCUT2D eigenvalue weighted by Crippen LogP contribution is 2.27. The lowest BCUT2D eigenvalue weighted by Crippen LogP contribution is -1.90. The van der Waals surface area contributed by atoms with Crippen LogP contribution in [0.3, 0.4) is 0 Å². The van der Waals surface area contributed by atoms with Gasteiger partial charge in [0.25, 0.3) is 0 Å². The molecule has 0 saturated heterocycles. The van der Waals surface area contributed by atoms with E-state index in [-0.39, 0.29) is 5.75 Å². The van der Waals surface area contributed by atoms with Crippen LogP contribution in [0.1, 0.15) is 5.56 Å². The first-order valence-electron chi connectivity index (χ1n) is 5.40. The van der Waals surface area contributed by atoms with E-state index in [1.807, 2.05) is 24.3 Å². The van der Waals surface area contributed by atoms with Gasteiger partial charge < -0.3 is 9.84 Å². The fourth-order valence-electron chi connectivity index (χ4n) is 1.55. The second kappa shape index (κ2) is 5.60. The van der Waals surface area contributed by atoms with Gasteiger partial charge in [0.05, 0.1) is 18.4 Å². The quantitative estimate of drug-likeness (QED) is 0.655. The van der Waals surface area contributed by atoms with Gasteiger partial charge in [-0.1, -0.05) is 18.2 Å². The standard InChI is InChI=1S/C14H13NO2S/c1-17-13-7-4-6-12(16)10(13)9-15-11-5-2-3-8-14(11)18/h2-9,16,18H,1H3. The molecule has 0 unspecified atom stereocenters. The number of phenols is 1. The Morgan fingerprint density at radius 2 is 1.94 bits per heavy atom. The van der Waals surface area contributed by atoms with Crippen LogP contribution >= 0.6 is 12.6 Å². The minimum Gasteiger partial charge on any atom is -0.507 e. The number of hydrogen-bond acceptors (Lipinski definition) is 4. The third-order valence-corrected chi connectivity index (χ3v) is 2.86. The molecule has 18 heavy (non-hydrogen) atoms. The number of aliphatic imine (C=N–C) groups is 1. The molecule has 3 nitrogen and oxygen atoms in total. The highest BCUT2D eigenvalue weighted by atomic mass is 32.1. The summed E-state index contributed by atoms with van der Waals surface area (Å²) in [6.07, 6.45) is 1.57. The van der Waals surface area contributed by atoms with Gasteiger partial charge >= 0.3 is 0 Å². The molecule has 2 aromatic carbocycles. The van der Waals surface area contributed by atoms with Crippen LogP contribution in [0, 0.1) is 0 Å². The number of methoxy groups -OCH3 is 1. The number of benzene rings is 2. The van der Waals surface area contributed by atoms with Gasteiger partial charge in [-0.25, -0.2) is 0 Å². The molecular weight excluding hydrogens is 246 g/mol. The lowest BCUT2D eigenvalue weighted by Gasteiger charge is -2.06. The SMILES string of the molecule is COc1cccc(O)c1C=Nc1ccccc1S. The topological polar surface area (TPSA) is 41.8 Å². The fraction of sp³-hybridized carbons (Fsp3) is 0.0714. The Morgan fingerprint density at radius 1 is 1.17 bits per heavy atom. The number of rotatable bonds is 3. The number of ether oxygens (including phenoxy) is 1. The van der Waals surface area contributed by atoms with Crippen LogP contribution in [0.5, 0.6) is 11.5 Å². The van der Waals surface area contributed by atoms with E-state index >= 15 is 0 Å². The summed E-state index contributed by atoms with van der Waals surface area (Å²) in [5.74, 6) is 0.713. The Bertz CT molecular complexity index is 582. The molecule has 0 heterocycles. The summed E-state index contributed by atoms with van der Waals surface area (Å²) < 4.78 is 5.17. The Kier molecular flexibility index (Phi) is 3.89. The van der Waals surface area contributed by atoms with E-state index in [4.69, 9.17) is 4.74 Å². The Hall–Kier alpha value is -1.94. The summed E-state index contributed by atoms with van der Waals surface area (Å²) in [4.78, 5) is 5.08. The van der Waals surface area contributed by atoms with E-state index in [9.17, 15) is 5.11 Å². The minimum absolute atomic E-state index is 0.134. The molecule has 92 valence electrons. The number of nitrogens with zero attached hydrogens (tertiary/aromatic N) is 1. The van der Waals surface area contributed by atoms with Crippen molar-refractivity contribution in [3.05, 3.63) is 48.0 Å². The van der Waals surface area contributed by atoms with E-state index in [2.05, 4.69) is 17.6 Å². The predicted octanol–water partition coefficient (Wildman–Crippen LogP) is 3.44. The maximum absolute atomic E-state index is 9.78. The smallest absolute Gasteiger partial charge is 0.131 e. The van der Waals surface area contributed by atoms with Crippen molar-refractivity contribution in [2.45, 2.75) is 4.90 Å². The van der Waals surface area contributed by atoms with Crippen molar-refractivity contribution in [3.63, 3.8) is 0 Å². The van der Waals surface area contributed by atoms with Gasteiger partial charge in [0.15, 0.2) is 0 Å². The van der Waals surface area contributed by atoms with Crippen molar-refractivity contribution >= 4 is 24.5 Å². The molecule has 0 aromatic heterocycles. The number of para-hydroxylation sites is 1. The molecule has 4 heteroatoms. The molecule has 0 aliphatic heterocycles. The molecule has 0 aliphatic carbocycles. The van der Waals surface area contributed by atoms with E-state index in [0.29, 0.717) is 11.3 Å². The van der Waals surface area contributed by atoms with Crippen LogP contribution in [0.4, 0.5) is 5.69 Å². The molecule has 0 radical (unpaired) electrons. The molecule has 0 amide bonds. The molecule has 0 saturated carbocycles. The van der Waals surface area contributed by atoms with E-state index < -0.39 is 0 Å². The van der Waals surface area contributed by atoms with Crippen molar-refractivity contribution in [2.24, 2.45) is 4.99 Å². The fourth-order valence-corrected chi connectivity index (χ4v) is 1.77. The van der Waals surface area contributed by atoms with Crippen molar-refractivity contribution in [3.8, 4) is 11.5 Å². The summed E-state index contributed by atoms with van der Waals surface area (Å²) in [5.41, 5.74) is 1.29. The van der Waals surface area contributed by atoms with Gasteiger partial charge in [-0.15, -0.1) is 12.6 Å². The summed E-state index contributed by atoms with van der Waals surface area (Å²) in [7, 11) is 1.55. The first kappa shape index (κ1) is 12.5. The van der Waals surface area contributed by atoms with Crippen molar-refractivity contribution in [1.82, 2.24) is 0 Å². The van der Waals surface area contributed by atoms with Crippen LogP contribution in [0.2, 0.25) is 0 Å². The third kappa shape index (κ3) is 2.65. The monoisotopic (exact) mass is 259 g/mol. The van der Waals surface area contributed by atoms with Crippen LogP contribution < -0.4 is 4.74 Å². The van der Waals surface area contributed by atoms with Crippen molar-refractivity contribution in [1.29, 1.82) is 0 Å². The molecule has 0 bridgehead atoms. The number of hydrogen-bond donors (Lipinski definition) is 2. The number of aromatic hydroxyl groups is 1. The van der Waals surface area contributed by atoms with Crippen LogP contribution in [-0.4, -0.2) is 18.4 Å². The second-order valence-electron chi connectivity index (χ2n) is 3.64. The molecule has 0 atom stereocenters. The Morgan fingerprint density at radius 3 is 2.67 bits per heavy atom. The minimum atomic E-state index is 0.134. The van der Waals surface area contributed by atoms with Crippen LogP contribution in [0.15, 0.2) is 52.4 Å². The molecular formula is C14H13NO2S. The second-order valence-corrected chi connectivity index (χ2v) is 4.12. The Labute approximate surface area is 111 Å². The highest BCUT2D eigenvalue weighted by molar-refractivity contribution is 7.80. The molecule has 2 rings (SSSR count).